The Balaban J connectivity index is 1.48. The molecule has 1 unspecified atom stereocenters. The highest BCUT2D eigenvalue weighted by molar-refractivity contribution is 5.91. The largest absolute Gasteiger partial charge is 0.507 e. The first kappa shape index (κ1) is 25.8. The molecule has 1 aromatic heterocycles. The van der Waals surface area contributed by atoms with Gasteiger partial charge >= 0.3 is 6.09 Å². The second kappa shape index (κ2) is 12.1. The van der Waals surface area contributed by atoms with Crippen LogP contribution >= 0.6 is 0 Å². The number of aromatic hydroxyl groups is 1. The maximum absolute atomic E-state index is 12.3. The number of carbonyl (C=O) groups excluding carboxylic acids is 3. The lowest BCUT2D eigenvalue weighted by Crippen LogP contribution is -2.33. The second-order valence-corrected chi connectivity index (χ2v) is 8.19. The predicted octanol–water partition coefficient (Wildman–Crippen LogP) is 2.35. The number of alkyl carbamates (subject to hydrolysis) is 1. The third kappa shape index (κ3) is 7.09. The van der Waals surface area contributed by atoms with Gasteiger partial charge in [0, 0.05) is 43.5 Å². The van der Waals surface area contributed by atoms with E-state index in [1.807, 2.05) is 6.92 Å². The summed E-state index contributed by atoms with van der Waals surface area (Å²) in [5.41, 5.74) is 0.738. The van der Waals surface area contributed by atoms with Gasteiger partial charge in [0.2, 0.25) is 0 Å². The van der Waals surface area contributed by atoms with Gasteiger partial charge in [-0.2, -0.15) is 5.10 Å². The lowest BCUT2D eigenvalue weighted by atomic mass is 10.0. The zero-order valence-corrected chi connectivity index (χ0v) is 19.8. The third-order valence-electron chi connectivity index (χ3n) is 5.71. The molecule has 3 rings (SSSR count). The summed E-state index contributed by atoms with van der Waals surface area (Å²) < 4.78 is 21.0. The molecule has 0 aliphatic heterocycles. The first-order valence-corrected chi connectivity index (χ1v) is 11.1. The number of rotatable bonds is 11. The summed E-state index contributed by atoms with van der Waals surface area (Å²) in [4.78, 5) is 35.5. The fraction of sp³-hybridized carbons (Fsp3) is 0.478. The Bertz CT molecular complexity index is 1040. The topological polar surface area (TPSA) is 161 Å². The molecule has 0 radical (unpaired) electrons. The van der Waals surface area contributed by atoms with Crippen LogP contribution in [0.5, 0.6) is 17.2 Å². The number of benzene rings is 1. The maximum atomic E-state index is 12.3. The fourth-order valence-electron chi connectivity index (χ4n) is 3.71. The Morgan fingerprint density at radius 1 is 1.29 bits per heavy atom. The Hall–Kier alpha value is -3.80. The van der Waals surface area contributed by atoms with E-state index >= 15 is 0 Å². The van der Waals surface area contributed by atoms with Crippen LogP contribution in [-0.2, 0) is 14.3 Å². The molecule has 190 valence electrons. The van der Waals surface area contributed by atoms with Crippen LogP contribution in [0.1, 0.15) is 48.2 Å². The number of amides is 2. The van der Waals surface area contributed by atoms with E-state index in [0.29, 0.717) is 25.1 Å². The molecule has 4 N–H and O–H groups in total. The number of carbonyl (C=O) groups is 3. The van der Waals surface area contributed by atoms with Crippen LogP contribution in [0.3, 0.4) is 0 Å². The highest BCUT2D eigenvalue weighted by Crippen LogP contribution is 2.36. The van der Waals surface area contributed by atoms with E-state index in [4.69, 9.17) is 18.9 Å². The van der Waals surface area contributed by atoms with Gasteiger partial charge in [0.1, 0.15) is 23.4 Å². The summed E-state index contributed by atoms with van der Waals surface area (Å²) in [5, 5.41) is 22.2. The van der Waals surface area contributed by atoms with Gasteiger partial charge in [-0.1, -0.05) is 0 Å². The molecule has 2 amide bonds. The fourth-order valence-corrected chi connectivity index (χ4v) is 3.71. The Morgan fingerprint density at radius 3 is 2.80 bits per heavy atom. The molecule has 0 spiro atoms. The van der Waals surface area contributed by atoms with Crippen molar-refractivity contribution in [3.05, 3.63) is 29.5 Å². The normalized spacial score (nSPS) is 17.9. The van der Waals surface area contributed by atoms with Crippen molar-refractivity contribution in [3.63, 3.8) is 0 Å². The lowest BCUT2D eigenvalue weighted by Gasteiger charge is -2.15. The molecular formula is C23H30N4O8. The van der Waals surface area contributed by atoms with Gasteiger partial charge in [-0.25, -0.2) is 4.79 Å². The number of anilines is 1. The van der Waals surface area contributed by atoms with Crippen molar-refractivity contribution in [3.8, 4) is 17.2 Å². The molecule has 0 saturated heterocycles. The number of nitrogens with one attached hydrogen (secondary N) is 3. The zero-order chi connectivity index (χ0) is 25.4. The number of hydrogen-bond acceptors (Lipinski definition) is 9. The van der Waals surface area contributed by atoms with Crippen LogP contribution < -0.4 is 20.1 Å². The SMILES string of the molecule is COc1cc(O)c(C=O)c(OCC(=O)Nc2cc([C@H]3CCC(OC(=O)NC[C@@H](C)OC)C3)[nH]n2)c1. The highest BCUT2D eigenvalue weighted by Gasteiger charge is 2.30. The Kier molecular flexibility index (Phi) is 8.90. The molecule has 1 heterocycles. The quantitative estimate of drug-likeness (QED) is 0.347. The van der Waals surface area contributed by atoms with Gasteiger partial charge in [0.05, 0.1) is 18.8 Å². The van der Waals surface area contributed by atoms with Crippen molar-refractivity contribution in [2.24, 2.45) is 0 Å². The van der Waals surface area contributed by atoms with E-state index in [9.17, 15) is 19.5 Å². The summed E-state index contributed by atoms with van der Waals surface area (Å²) in [6, 6.07) is 4.40. The number of aromatic amines is 1. The van der Waals surface area contributed by atoms with E-state index in [0.717, 1.165) is 18.5 Å². The van der Waals surface area contributed by atoms with Crippen LogP contribution in [0.4, 0.5) is 10.6 Å². The molecule has 35 heavy (non-hydrogen) atoms. The molecule has 0 bridgehead atoms. The van der Waals surface area contributed by atoms with Gasteiger partial charge in [-0.05, 0) is 26.2 Å². The molecule has 2 aromatic rings. The van der Waals surface area contributed by atoms with Crippen molar-refractivity contribution < 1.29 is 38.4 Å². The highest BCUT2D eigenvalue weighted by atomic mass is 16.6. The molecular weight excluding hydrogens is 460 g/mol. The zero-order valence-electron chi connectivity index (χ0n) is 19.8. The summed E-state index contributed by atoms with van der Waals surface area (Å²) in [5.74, 6) is -0.0959. The molecule has 3 atom stereocenters. The minimum atomic E-state index is -0.503. The van der Waals surface area contributed by atoms with Crippen molar-refractivity contribution >= 4 is 24.1 Å². The number of aldehydes is 1. The van der Waals surface area contributed by atoms with Crippen LogP contribution in [-0.4, -0.2) is 73.2 Å². The lowest BCUT2D eigenvalue weighted by molar-refractivity contribution is -0.118. The minimum absolute atomic E-state index is 0.0208. The number of nitrogens with zero attached hydrogens (tertiary/aromatic N) is 1. The summed E-state index contributed by atoms with van der Waals surface area (Å²) >= 11 is 0. The Labute approximate surface area is 202 Å². The average Bonchev–Trinajstić information content (AvgIpc) is 3.50. The van der Waals surface area contributed by atoms with Gasteiger partial charge < -0.3 is 34.7 Å². The number of methoxy groups -OCH3 is 2. The molecule has 1 aromatic carbocycles. The number of ether oxygens (including phenoxy) is 4. The van der Waals surface area contributed by atoms with Gasteiger partial charge in [0.25, 0.3) is 5.91 Å². The molecule has 1 saturated carbocycles. The number of phenols is 1. The average molecular weight is 491 g/mol. The van der Waals surface area contributed by atoms with E-state index in [2.05, 4.69) is 20.8 Å². The first-order valence-electron chi connectivity index (χ1n) is 11.1. The summed E-state index contributed by atoms with van der Waals surface area (Å²) in [7, 11) is 2.97. The summed E-state index contributed by atoms with van der Waals surface area (Å²) in [6.45, 7) is 1.80. The number of phenolic OH excluding ortho intramolecular Hbond substituents is 1. The van der Waals surface area contributed by atoms with Crippen LogP contribution in [0.25, 0.3) is 0 Å². The molecule has 12 nitrogen and oxygen atoms in total. The maximum Gasteiger partial charge on any atom is 0.407 e. The number of H-pyrrole nitrogens is 1. The van der Waals surface area contributed by atoms with Crippen LogP contribution in [0, 0.1) is 0 Å². The third-order valence-corrected chi connectivity index (χ3v) is 5.71. The summed E-state index contributed by atoms with van der Waals surface area (Å²) in [6.07, 6.45) is 1.82. The monoisotopic (exact) mass is 490 g/mol. The standard InChI is InChI=1S/C23H30N4O8/c1-13(32-2)10-24-23(31)35-15-5-4-14(6-15)18-9-21(27-26-18)25-22(30)12-34-20-8-16(33-3)7-19(29)17(20)11-28/h7-9,11,13-15,29H,4-6,10,12H2,1-3H3,(H,24,31)(H2,25,26,27,30)/t13-,14+,15?/m1/s1. The van der Waals surface area contributed by atoms with Gasteiger partial charge in [-0.3, -0.25) is 14.7 Å². The van der Waals surface area contributed by atoms with Crippen molar-refractivity contribution in [2.75, 3.05) is 32.7 Å². The Morgan fingerprint density at radius 2 is 2.09 bits per heavy atom. The molecule has 12 heteroatoms. The van der Waals surface area contributed by atoms with E-state index in [-0.39, 0.29) is 40.9 Å². The first-order chi connectivity index (χ1) is 16.8. The number of hydrogen-bond donors (Lipinski definition) is 4. The molecule has 1 fully saturated rings. The molecule has 1 aliphatic carbocycles. The predicted molar refractivity (Wildman–Crippen MR) is 124 cm³/mol. The van der Waals surface area contributed by atoms with Crippen molar-refractivity contribution in [1.82, 2.24) is 15.5 Å². The van der Waals surface area contributed by atoms with Crippen LogP contribution in [0.2, 0.25) is 0 Å². The van der Waals surface area contributed by atoms with E-state index < -0.39 is 18.6 Å². The smallest absolute Gasteiger partial charge is 0.407 e. The van der Waals surface area contributed by atoms with Crippen molar-refractivity contribution in [2.45, 2.75) is 44.3 Å². The minimum Gasteiger partial charge on any atom is -0.507 e. The van der Waals surface area contributed by atoms with Crippen molar-refractivity contribution in [1.29, 1.82) is 0 Å². The number of aromatic nitrogens is 2. The second-order valence-electron chi connectivity index (χ2n) is 8.19. The van der Waals surface area contributed by atoms with E-state index in [1.165, 1.54) is 19.2 Å². The van der Waals surface area contributed by atoms with Gasteiger partial charge in [-0.15, -0.1) is 0 Å². The van der Waals surface area contributed by atoms with Gasteiger partial charge in [0.15, 0.2) is 18.7 Å². The van der Waals surface area contributed by atoms with E-state index in [1.54, 1.807) is 13.2 Å². The van der Waals surface area contributed by atoms with Crippen LogP contribution in [0.15, 0.2) is 18.2 Å². The molecule has 1 aliphatic rings.